The van der Waals surface area contributed by atoms with Crippen LogP contribution in [-0.2, 0) is 9.53 Å². The third-order valence-corrected chi connectivity index (χ3v) is 4.63. The van der Waals surface area contributed by atoms with Crippen LogP contribution in [0, 0.1) is 11.3 Å². The van der Waals surface area contributed by atoms with Crippen LogP contribution < -0.4 is 10.6 Å². The number of nitrogens with one attached hydrogen (secondary N) is 2. The van der Waals surface area contributed by atoms with Crippen LogP contribution in [0.5, 0.6) is 0 Å². The van der Waals surface area contributed by atoms with Crippen molar-refractivity contribution in [2.75, 3.05) is 26.3 Å². The summed E-state index contributed by atoms with van der Waals surface area (Å²) in [4.78, 5) is 12.0. The van der Waals surface area contributed by atoms with Gasteiger partial charge in [-0.15, -0.1) is 0 Å². The fourth-order valence-electron chi connectivity index (χ4n) is 3.22. The van der Waals surface area contributed by atoms with Crippen LogP contribution in [0.2, 0.25) is 0 Å². The Morgan fingerprint density at radius 2 is 2.11 bits per heavy atom. The van der Waals surface area contributed by atoms with Crippen LogP contribution >= 0.6 is 0 Å². The van der Waals surface area contributed by atoms with Gasteiger partial charge in [0.15, 0.2) is 0 Å². The molecule has 1 saturated carbocycles. The van der Waals surface area contributed by atoms with E-state index in [2.05, 4.69) is 24.5 Å². The van der Waals surface area contributed by atoms with E-state index in [1.54, 1.807) is 0 Å². The Morgan fingerprint density at radius 3 is 2.74 bits per heavy atom. The van der Waals surface area contributed by atoms with Gasteiger partial charge in [0.1, 0.15) is 0 Å². The Bertz CT molecular complexity index is 293. The summed E-state index contributed by atoms with van der Waals surface area (Å²) < 4.78 is 5.37. The van der Waals surface area contributed by atoms with Crippen molar-refractivity contribution in [2.24, 2.45) is 11.3 Å². The molecule has 1 amide bonds. The molecule has 19 heavy (non-hydrogen) atoms. The first-order valence-electron chi connectivity index (χ1n) is 7.66. The normalized spacial score (nSPS) is 25.5. The van der Waals surface area contributed by atoms with Crippen molar-refractivity contribution >= 4 is 5.91 Å². The molecule has 4 heteroatoms. The van der Waals surface area contributed by atoms with Gasteiger partial charge in [0, 0.05) is 25.6 Å². The summed E-state index contributed by atoms with van der Waals surface area (Å²) in [6.45, 7) is 7.62. The number of amides is 1. The highest BCUT2D eigenvalue weighted by molar-refractivity contribution is 5.76. The molecule has 1 atom stereocenters. The van der Waals surface area contributed by atoms with E-state index in [1.165, 1.54) is 25.7 Å². The Hall–Kier alpha value is -0.610. The summed E-state index contributed by atoms with van der Waals surface area (Å²) in [6, 6.07) is 0.184. The summed E-state index contributed by atoms with van der Waals surface area (Å²) in [5.74, 6) is 0.915. The van der Waals surface area contributed by atoms with Gasteiger partial charge < -0.3 is 15.4 Å². The lowest BCUT2D eigenvalue weighted by atomic mass is 9.77. The molecule has 0 radical (unpaired) electrons. The second kappa shape index (κ2) is 6.71. The zero-order valence-corrected chi connectivity index (χ0v) is 12.3. The molecule has 2 fully saturated rings. The van der Waals surface area contributed by atoms with Gasteiger partial charge in [-0.05, 0) is 24.2 Å². The summed E-state index contributed by atoms with van der Waals surface area (Å²) in [6.07, 6.45) is 5.87. The molecule has 1 aliphatic carbocycles. The molecule has 0 aromatic rings. The molecule has 110 valence electrons. The van der Waals surface area contributed by atoms with E-state index >= 15 is 0 Å². The molecule has 1 heterocycles. The number of hydrogen-bond donors (Lipinski definition) is 2. The quantitative estimate of drug-likeness (QED) is 0.798. The topological polar surface area (TPSA) is 50.4 Å². The number of ether oxygens (including phenoxy) is 1. The van der Waals surface area contributed by atoms with Gasteiger partial charge in [-0.1, -0.05) is 26.7 Å². The SMILES string of the molecule is CC(C)(CNC(=O)CC1COCCN1)C1CCCC1. The average Bonchev–Trinajstić information content (AvgIpc) is 2.92. The molecule has 2 aliphatic rings. The zero-order valence-electron chi connectivity index (χ0n) is 12.3. The maximum absolute atomic E-state index is 12.0. The van der Waals surface area contributed by atoms with Crippen LogP contribution in [0.25, 0.3) is 0 Å². The molecule has 0 aromatic carbocycles. The van der Waals surface area contributed by atoms with Crippen LogP contribution in [0.4, 0.5) is 0 Å². The van der Waals surface area contributed by atoms with Crippen molar-refractivity contribution in [3.8, 4) is 0 Å². The lowest BCUT2D eigenvalue weighted by molar-refractivity contribution is -0.122. The summed E-state index contributed by atoms with van der Waals surface area (Å²) in [5, 5.41) is 6.43. The molecular formula is C15H28N2O2. The molecule has 0 bridgehead atoms. The molecule has 0 spiro atoms. The first kappa shape index (κ1) is 14.8. The van der Waals surface area contributed by atoms with E-state index in [4.69, 9.17) is 4.74 Å². The lowest BCUT2D eigenvalue weighted by Crippen LogP contribution is -2.45. The minimum atomic E-state index is 0.147. The van der Waals surface area contributed by atoms with Crippen LogP contribution in [0.3, 0.4) is 0 Å². The summed E-state index contributed by atoms with van der Waals surface area (Å²) >= 11 is 0. The largest absolute Gasteiger partial charge is 0.378 e. The highest BCUT2D eigenvalue weighted by Gasteiger charge is 2.32. The van der Waals surface area contributed by atoms with Crippen molar-refractivity contribution in [1.29, 1.82) is 0 Å². The second-order valence-electron chi connectivity index (χ2n) is 6.68. The maximum Gasteiger partial charge on any atom is 0.221 e. The minimum absolute atomic E-state index is 0.147. The van der Waals surface area contributed by atoms with E-state index < -0.39 is 0 Å². The Morgan fingerprint density at radius 1 is 1.37 bits per heavy atom. The standard InChI is InChI=1S/C15H28N2O2/c1-15(2,12-5-3-4-6-12)11-17-14(18)9-13-10-19-8-7-16-13/h12-13,16H,3-11H2,1-2H3,(H,17,18). The van der Waals surface area contributed by atoms with Gasteiger partial charge in [0.25, 0.3) is 0 Å². The Labute approximate surface area is 116 Å². The molecule has 2 N–H and O–H groups in total. The minimum Gasteiger partial charge on any atom is -0.378 e. The first-order chi connectivity index (χ1) is 9.08. The van der Waals surface area contributed by atoms with Crippen LogP contribution in [0.15, 0.2) is 0 Å². The van der Waals surface area contributed by atoms with Gasteiger partial charge >= 0.3 is 0 Å². The monoisotopic (exact) mass is 268 g/mol. The molecule has 2 rings (SSSR count). The fraction of sp³-hybridized carbons (Fsp3) is 0.933. The summed E-state index contributed by atoms with van der Waals surface area (Å²) in [5.41, 5.74) is 0.225. The predicted octanol–water partition coefficient (Wildman–Crippen LogP) is 1.70. The molecule has 0 aromatic heterocycles. The molecule has 1 aliphatic heterocycles. The van der Waals surface area contributed by atoms with Crippen molar-refractivity contribution in [3.63, 3.8) is 0 Å². The lowest BCUT2D eigenvalue weighted by Gasteiger charge is -2.32. The third kappa shape index (κ3) is 4.46. The fourth-order valence-corrected chi connectivity index (χ4v) is 3.22. The number of carbonyl (C=O) groups excluding carboxylic acids is 1. The third-order valence-electron chi connectivity index (χ3n) is 4.63. The van der Waals surface area contributed by atoms with Gasteiger partial charge in [-0.3, -0.25) is 4.79 Å². The smallest absolute Gasteiger partial charge is 0.221 e. The average molecular weight is 268 g/mol. The van der Waals surface area contributed by atoms with Crippen molar-refractivity contribution in [2.45, 2.75) is 52.0 Å². The molecule has 1 saturated heterocycles. The number of morpholine rings is 1. The van der Waals surface area contributed by atoms with Gasteiger partial charge in [-0.25, -0.2) is 0 Å². The van der Waals surface area contributed by atoms with E-state index in [1.807, 2.05) is 0 Å². The van der Waals surface area contributed by atoms with E-state index in [9.17, 15) is 4.79 Å². The van der Waals surface area contributed by atoms with Crippen LogP contribution in [0.1, 0.15) is 46.0 Å². The number of carbonyl (C=O) groups is 1. The van der Waals surface area contributed by atoms with Crippen molar-refractivity contribution in [1.82, 2.24) is 10.6 Å². The maximum atomic E-state index is 12.0. The molecular weight excluding hydrogens is 240 g/mol. The van der Waals surface area contributed by atoms with Gasteiger partial charge in [-0.2, -0.15) is 0 Å². The second-order valence-corrected chi connectivity index (χ2v) is 6.68. The van der Waals surface area contributed by atoms with Crippen LogP contribution in [-0.4, -0.2) is 38.3 Å². The van der Waals surface area contributed by atoms with E-state index in [0.717, 1.165) is 25.6 Å². The molecule has 1 unspecified atom stereocenters. The van der Waals surface area contributed by atoms with Gasteiger partial charge in [0.05, 0.1) is 13.2 Å². The van der Waals surface area contributed by atoms with Gasteiger partial charge in [0.2, 0.25) is 5.91 Å². The highest BCUT2D eigenvalue weighted by atomic mass is 16.5. The first-order valence-corrected chi connectivity index (χ1v) is 7.66. The van der Waals surface area contributed by atoms with Crippen molar-refractivity contribution in [3.05, 3.63) is 0 Å². The number of hydrogen-bond acceptors (Lipinski definition) is 3. The Balaban J connectivity index is 1.69. The highest BCUT2D eigenvalue weighted by Crippen LogP contribution is 2.38. The zero-order chi connectivity index (χ0) is 13.7. The molecule has 4 nitrogen and oxygen atoms in total. The predicted molar refractivity (Wildman–Crippen MR) is 76.0 cm³/mol. The number of rotatable bonds is 5. The summed E-state index contributed by atoms with van der Waals surface area (Å²) in [7, 11) is 0. The van der Waals surface area contributed by atoms with E-state index in [0.29, 0.717) is 13.0 Å². The Kier molecular flexibility index (Phi) is 5.22. The van der Waals surface area contributed by atoms with Crippen molar-refractivity contribution < 1.29 is 9.53 Å². The van der Waals surface area contributed by atoms with E-state index in [-0.39, 0.29) is 17.4 Å².